The van der Waals surface area contributed by atoms with Crippen LogP contribution in [0.3, 0.4) is 0 Å². The Morgan fingerprint density at radius 2 is 2.03 bits per heavy atom. The molecule has 0 spiro atoms. The largest absolute Gasteiger partial charge is 0.496 e. The van der Waals surface area contributed by atoms with Crippen LogP contribution in [0.1, 0.15) is 35.5 Å². The van der Waals surface area contributed by atoms with Crippen molar-refractivity contribution in [3.8, 4) is 11.8 Å². The van der Waals surface area contributed by atoms with E-state index < -0.39 is 0 Å². The summed E-state index contributed by atoms with van der Waals surface area (Å²) in [5.74, 6) is 0.270. The van der Waals surface area contributed by atoms with E-state index in [1.165, 1.54) is 4.90 Å². The number of carbonyl (C=O) groups is 1. The Balaban J connectivity index is 2.31. The van der Waals surface area contributed by atoms with Crippen molar-refractivity contribution in [1.29, 1.82) is 5.26 Å². The lowest BCUT2D eigenvalue weighted by Gasteiger charge is -2.19. The number of halogens is 1. The molecule has 0 saturated carbocycles. The van der Waals surface area contributed by atoms with Crippen LogP contribution in [0.4, 0.5) is 0 Å². The van der Waals surface area contributed by atoms with Crippen molar-refractivity contribution < 1.29 is 14.3 Å². The van der Waals surface area contributed by atoms with Gasteiger partial charge in [0.2, 0.25) is 0 Å². The summed E-state index contributed by atoms with van der Waals surface area (Å²) in [5.41, 5.74) is 3.71. The third-order valence-electron chi connectivity index (χ3n) is 5.02. The molecule has 30 heavy (non-hydrogen) atoms. The highest BCUT2D eigenvalue weighted by molar-refractivity contribution is 6.30. The summed E-state index contributed by atoms with van der Waals surface area (Å²) in [6.07, 6.45) is 1.65. The third kappa shape index (κ3) is 5.24. The van der Waals surface area contributed by atoms with Crippen molar-refractivity contribution >= 4 is 23.6 Å². The van der Waals surface area contributed by atoms with Crippen LogP contribution in [0.15, 0.2) is 29.8 Å². The lowest BCUT2D eigenvalue weighted by Crippen LogP contribution is -2.27. The fourth-order valence-electron chi connectivity index (χ4n) is 3.64. The maximum absolute atomic E-state index is 12.9. The Labute approximate surface area is 183 Å². The van der Waals surface area contributed by atoms with Crippen LogP contribution < -0.4 is 4.74 Å². The van der Waals surface area contributed by atoms with Gasteiger partial charge >= 0.3 is 0 Å². The molecule has 0 aliphatic heterocycles. The van der Waals surface area contributed by atoms with E-state index in [9.17, 15) is 10.1 Å². The molecule has 1 amide bonds. The maximum atomic E-state index is 12.9. The van der Waals surface area contributed by atoms with Gasteiger partial charge in [0.15, 0.2) is 0 Å². The number of nitriles is 1. The van der Waals surface area contributed by atoms with Crippen LogP contribution >= 0.6 is 11.6 Å². The summed E-state index contributed by atoms with van der Waals surface area (Å²) in [5, 5.41) is 10.2. The number of hydrogen-bond acceptors (Lipinski definition) is 4. The number of methoxy groups -OCH3 is 2. The van der Waals surface area contributed by atoms with Gasteiger partial charge < -0.3 is 18.9 Å². The molecule has 1 aromatic heterocycles. The molecule has 2 rings (SSSR count). The maximum Gasteiger partial charge on any atom is 0.264 e. The molecule has 0 aliphatic rings. The fraction of sp³-hybridized carbons (Fsp3) is 0.391. The Morgan fingerprint density at radius 3 is 2.63 bits per heavy atom. The molecule has 6 nitrogen and oxygen atoms in total. The van der Waals surface area contributed by atoms with Gasteiger partial charge in [-0.2, -0.15) is 5.26 Å². The molecular weight excluding hydrogens is 402 g/mol. The highest BCUT2D eigenvalue weighted by Crippen LogP contribution is 2.25. The van der Waals surface area contributed by atoms with Crippen molar-refractivity contribution in [2.24, 2.45) is 0 Å². The average Bonchev–Trinajstić information content (AvgIpc) is 2.98. The predicted octanol–water partition coefficient (Wildman–Crippen LogP) is 4.54. The first-order valence-corrected chi connectivity index (χ1v) is 9.98. The number of ether oxygens (including phenoxy) is 2. The summed E-state index contributed by atoms with van der Waals surface area (Å²) in [6, 6.07) is 9.41. The summed E-state index contributed by atoms with van der Waals surface area (Å²) < 4.78 is 12.8. The predicted molar refractivity (Wildman–Crippen MR) is 119 cm³/mol. The second-order valence-electron chi connectivity index (χ2n) is 7.29. The van der Waals surface area contributed by atoms with Gasteiger partial charge in [-0.15, -0.1) is 0 Å². The van der Waals surface area contributed by atoms with Gasteiger partial charge in [0.05, 0.1) is 19.8 Å². The van der Waals surface area contributed by atoms with Crippen molar-refractivity contribution in [3.63, 3.8) is 0 Å². The van der Waals surface area contributed by atoms with Crippen LogP contribution in [0.2, 0.25) is 5.02 Å². The monoisotopic (exact) mass is 429 g/mol. The van der Waals surface area contributed by atoms with E-state index in [1.807, 2.05) is 26.0 Å². The van der Waals surface area contributed by atoms with Gasteiger partial charge in [-0.05, 0) is 56.7 Å². The number of likely N-dealkylation sites (N-methyl/N-ethyl adjacent to an activating group) is 1. The number of aryl methyl sites for hydroxylation is 1. The molecule has 7 heteroatoms. The van der Waals surface area contributed by atoms with Crippen molar-refractivity contribution in [1.82, 2.24) is 9.47 Å². The topological polar surface area (TPSA) is 67.5 Å². The summed E-state index contributed by atoms with van der Waals surface area (Å²) >= 11 is 6.08. The molecule has 0 aliphatic carbocycles. The number of hydrogen-bond donors (Lipinski definition) is 0. The van der Waals surface area contributed by atoms with E-state index in [4.69, 9.17) is 21.1 Å². The number of amides is 1. The first-order chi connectivity index (χ1) is 14.2. The Hall–Kier alpha value is -2.75. The van der Waals surface area contributed by atoms with E-state index in [0.717, 1.165) is 22.5 Å². The minimum Gasteiger partial charge on any atom is -0.496 e. The highest BCUT2D eigenvalue weighted by Gasteiger charge is 2.19. The quantitative estimate of drug-likeness (QED) is 0.456. The molecule has 1 unspecified atom stereocenters. The first kappa shape index (κ1) is 23.5. The number of rotatable bonds is 8. The van der Waals surface area contributed by atoms with Crippen molar-refractivity contribution in [3.05, 3.63) is 57.4 Å². The van der Waals surface area contributed by atoms with Gasteiger partial charge in [0.25, 0.3) is 5.91 Å². The van der Waals surface area contributed by atoms with Gasteiger partial charge in [-0.25, -0.2) is 0 Å². The van der Waals surface area contributed by atoms with E-state index in [-0.39, 0.29) is 24.1 Å². The molecule has 0 fully saturated rings. The number of benzene rings is 1. The van der Waals surface area contributed by atoms with Crippen molar-refractivity contribution in [2.45, 2.75) is 33.4 Å². The third-order valence-corrected chi connectivity index (χ3v) is 5.25. The highest BCUT2D eigenvalue weighted by atomic mass is 35.5. The minimum absolute atomic E-state index is 0.0677. The summed E-state index contributed by atoms with van der Waals surface area (Å²) in [7, 11) is 4.88. The van der Waals surface area contributed by atoms with Crippen molar-refractivity contribution in [2.75, 3.05) is 27.9 Å². The number of carbonyl (C=O) groups excluding carboxylic acids is 1. The van der Waals surface area contributed by atoms with Gasteiger partial charge in [0, 0.05) is 42.7 Å². The lowest BCUT2D eigenvalue weighted by molar-refractivity contribution is -0.125. The molecule has 160 valence electrons. The molecule has 0 bridgehead atoms. The SMILES string of the molecule is COCC(C)n1c(C)cc(/C=C(\C#N)C(=O)N(C)Cc2cc(Cl)ccc2OC)c1C. The average molecular weight is 430 g/mol. The molecule has 1 aromatic carbocycles. The number of aromatic nitrogens is 1. The van der Waals surface area contributed by atoms with E-state index >= 15 is 0 Å². The van der Waals surface area contributed by atoms with Crippen LogP contribution in [-0.2, 0) is 16.1 Å². The molecular formula is C23H28ClN3O3. The Kier molecular flexibility index (Phi) is 8.10. The molecule has 0 N–H and O–H groups in total. The molecule has 0 saturated heterocycles. The lowest BCUT2D eigenvalue weighted by atomic mass is 10.1. The van der Waals surface area contributed by atoms with E-state index in [1.54, 1.807) is 45.5 Å². The zero-order valence-corrected chi connectivity index (χ0v) is 19.1. The fourth-order valence-corrected chi connectivity index (χ4v) is 3.84. The Morgan fingerprint density at radius 1 is 1.33 bits per heavy atom. The molecule has 2 aromatic rings. The zero-order valence-electron chi connectivity index (χ0n) is 18.3. The molecule has 1 heterocycles. The van der Waals surface area contributed by atoms with Crippen LogP contribution in [-0.4, -0.2) is 43.2 Å². The van der Waals surface area contributed by atoms with Gasteiger partial charge in [0.1, 0.15) is 17.4 Å². The first-order valence-electron chi connectivity index (χ1n) is 9.60. The molecule has 1 atom stereocenters. The normalized spacial score (nSPS) is 12.4. The van der Waals surface area contributed by atoms with E-state index in [0.29, 0.717) is 17.4 Å². The zero-order chi connectivity index (χ0) is 22.4. The van der Waals surface area contributed by atoms with Gasteiger partial charge in [-0.1, -0.05) is 11.6 Å². The smallest absolute Gasteiger partial charge is 0.264 e. The minimum atomic E-state index is -0.366. The second-order valence-corrected chi connectivity index (χ2v) is 7.72. The number of nitrogens with zero attached hydrogens (tertiary/aromatic N) is 3. The van der Waals surface area contributed by atoms with Gasteiger partial charge in [-0.3, -0.25) is 4.79 Å². The standard InChI is InChI=1S/C23H28ClN3O3/c1-15-9-18(17(3)27(15)16(2)14-29-5)10-19(12-25)23(28)26(4)13-20-11-21(24)7-8-22(20)30-6/h7-11,16H,13-14H2,1-6H3/b19-10+. The van der Waals surface area contributed by atoms with Crippen LogP contribution in [0, 0.1) is 25.2 Å². The second kappa shape index (κ2) is 10.3. The summed E-state index contributed by atoms with van der Waals surface area (Å²) in [6.45, 7) is 6.89. The van der Waals surface area contributed by atoms with E-state index in [2.05, 4.69) is 11.5 Å². The molecule has 0 radical (unpaired) electrons. The summed E-state index contributed by atoms with van der Waals surface area (Å²) in [4.78, 5) is 14.4. The van der Waals surface area contributed by atoms with Crippen LogP contribution in [0.25, 0.3) is 6.08 Å². The van der Waals surface area contributed by atoms with Crippen LogP contribution in [0.5, 0.6) is 5.75 Å². The Bertz CT molecular complexity index is 988.